The summed E-state index contributed by atoms with van der Waals surface area (Å²) in [7, 11) is 0. The van der Waals surface area contributed by atoms with Gasteiger partial charge >= 0.3 is 6.03 Å². The van der Waals surface area contributed by atoms with Gasteiger partial charge in [-0.1, -0.05) is 6.07 Å². The van der Waals surface area contributed by atoms with Crippen molar-refractivity contribution in [2.75, 3.05) is 18.5 Å². The van der Waals surface area contributed by atoms with Gasteiger partial charge in [0, 0.05) is 35.9 Å². The van der Waals surface area contributed by atoms with Crippen LogP contribution in [0.15, 0.2) is 18.2 Å². The molecule has 1 aliphatic heterocycles. The van der Waals surface area contributed by atoms with Crippen molar-refractivity contribution in [3.05, 3.63) is 29.6 Å². The number of urea groups is 1. The third-order valence-electron chi connectivity index (χ3n) is 4.75. The molecular formula is C18H26FN3O2. The number of hydrogen-bond acceptors (Lipinski definition) is 3. The molecule has 1 saturated carbocycles. The van der Waals surface area contributed by atoms with Crippen molar-refractivity contribution in [3.63, 3.8) is 0 Å². The molecule has 1 aromatic rings. The van der Waals surface area contributed by atoms with Crippen molar-refractivity contribution in [1.82, 2.24) is 10.2 Å². The Kier molecular flexibility index (Phi) is 5.06. The van der Waals surface area contributed by atoms with Crippen LogP contribution in [0.5, 0.6) is 0 Å². The fourth-order valence-electron chi connectivity index (χ4n) is 3.30. The van der Waals surface area contributed by atoms with E-state index in [1.807, 2.05) is 0 Å². The molecule has 5 nitrogen and oxygen atoms in total. The van der Waals surface area contributed by atoms with E-state index in [2.05, 4.69) is 36.3 Å². The molecule has 1 saturated heterocycles. The average molecular weight is 335 g/mol. The van der Waals surface area contributed by atoms with E-state index >= 15 is 0 Å². The number of halogens is 1. The summed E-state index contributed by atoms with van der Waals surface area (Å²) in [6, 6.07) is 5.30. The van der Waals surface area contributed by atoms with Gasteiger partial charge in [0.05, 0.1) is 6.61 Å². The number of rotatable bonds is 4. The van der Waals surface area contributed by atoms with Crippen LogP contribution in [0.3, 0.4) is 0 Å². The number of anilines is 1. The Morgan fingerprint density at radius 1 is 1.38 bits per heavy atom. The molecular weight excluding hydrogens is 309 g/mol. The number of nitrogens with zero attached hydrogens (tertiary/aromatic N) is 1. The number of hydrogen-bond donors (Lipinski definition) is 2. The third kappa shape index (κ3) is 3.87. The summed E-state index contributed by atoms with van der Waals surface area (Å²) >= 11 is 0. The molecule has 0 radical (unpaired) electrons. The lowest BCUT2D eigenvalue weighted by atomic mass is 9.98. The molecule has 0 aromatic heterocycles. The Hall–Kier alpha value is -1.66. The van der Waals surface area contributed by atoms with Crippen molar-refractivity contribution >= 4 is 11.7 Å². The highest BCUT2D eigenvalue weighted by molar-refractivity contribution is 5.89. The minimum absolute atomic E-state index is 0.102. The first-order valence-corrected chi connectivity index (χ1v) is 8.70. The van der Waals surface area contributed by atoms with Crippen molar-refractivity contribution in [2.45, 2.75) is 57.8 Å². The van der Waals surface area contributed by atoms with Crippen molar-refractivity contribution in [2.24, 2.45) is 0 Å². The van der Waals surface area contributed by atoms with Crippen molar-refractivity contribution < 1.29 is 13.9 Å². The summed E-state index contributed by atoms with van der Waals surface area (Å²) < 4.78 is 20.4. The summed E-state index contributed by atoms with van der Waals surface area (Å²) in [5.41, 5.74) is 1.000. The maximum atomic E-state index is 14.6. The third-order valence-corrected chi connectivity index (χ3v) is 4.75. The monoisotopic (exact) mass is 335 g/mol. The Labute approximate surface area is 142 Å². The SMILES string of the molecule is CC(C)N1CCO[C@@H](c2ccc(NC(=O)NC3CC3)cc2F)C1C. The quantitative estimate of drug-likeness (QED) is 0.888. The summed E-state index contributed by atoms with van der Waals surface area (Å²) in [5, 5.41) is 5.50. The van der Waals surface area contributed by atoms with Crippen LogP contribution in [0, 0.1) is 5.82 Å². The number of carbonyl (C=O) groups is 1. The number of carbonyl (C=O) groups excluding carboxylic acids is 1. The highest BCUT2D eigenvalue weighted by Crippen LogP contribution is 2.32. The molecule has 0 bridgehead atoms. The van der Waals surface area contributed by atoms with Gasteiger partial charge < -0.3 is 15.4 Å². The minimum Gasteiger partial charge on any atom is -0.370 e. The maximum absolute atomic E-state index is 14.6. The second-order valence-corrected chi connectivity index (χ2v) is 6.97. The molecule has 2 fully saturated rings. The van der Waals surface area contributed by atoms with E-state index in [-0.39, 0.29) is 30.0 Å². The minimum atomic E-state index is -0.346. The zero-order valence-electron chi connectivity index (χ0n) is 14.5. The molecule has 1 heterocycles. The van der Waals surface area contributed by atoms with Crippen LogP contribution in [0.2, 0.25) is 0 Å². The lowest BCUT2D eigenvalue weighted by Crippen LogP contribution is -2.48. The summed E-state index contributed by atoms with van der Waals surface area (Å²) in [6.07, 6.45) is 1.74. The van der Waals surface area contributed by atoms with E-state index in [0.717, 1.165) is 19.4 Å². The predicted octanol–water partition coefficient (Wildman–Crippen LogP) is 3.28. The lowest BCUT2D eigenvalue weighted by Gasteiger charge is -2.42. The van der Waals surface area contributed by atoms with E-state index in [9.17, 15) is 9.18 Å². The van der Waals surface area contributed by atoms with Crippen LogP contribution < -0.4 is 10.6 Å². The molecule has 2 amide bonds. The molecule has 1 unspecified atom stereocenters. The van der Waals surface area contributed by atoms with Crippen LogP contribution >= 0.6 is 0 Å². The predicted molar refractivity (Wildman–Crippen MR) is 91.6 cm³/mol. The van der Waals surface area contributed by atoms with Gasteiger partial charge in [0.2, 0.25) is 0 Å². The number of benzene rings is 1. The summed E-state index contributed by atoms with van der Waals surface area (Å²) in [5.74, 6) is -0.346. The van der Waals surface area contributed by atoms with Gasteiger partial charge in [-0.15, -0.1) is 0 Å². The van der Waals surface area contributed by atoms with E-state index in [4.69, 9.17) is 4.74 Å². The van der Waals surface area contributed by atoms with Crippen molar-refractivity contribution in [1.29, 1.82) is 0 Å². The first-order chi connectivity index (χ1) is 11.5. The van der Waals surface area contributed by atoms with Gasteiger partial charge in [-0.25, -0.2) is 9.18 Å². The fourth-order valence-corrected chi connectivity index (χ4v) is 3.30. The average Bonchev–Trinajstić information content (AvgIpc) is 3.31. The Morgan fingerprint density at radius 3 is 2.75 bits per heavy atom. The summed E-state index contributed by atoms with van der Waals surface area (Å²) in [6.45, 7) is 7.80. The second kappa shape index (κ2) is 7.07. The molecule has 24 heavy (non-hydrogen) atoms. The lowest BCUT2D eigenvalue weighted by molar-refractivity contribution is -0.0790. The fraction of sp³-hybridized carbons (Fsp3) is 0.611. The van der Waals surface area contributed by atoms with E-state index in [1.165, 1.54) is 6.07 Å². The van der Waals surface area contributed by atoms with E-state index in [1.54, 1.807) is 12.1 Å². The second-order valence-electron chi connectivity index (χ2n) is 6.97. The molecule has 0 spiro atoms. The van der Waals surface area contributed by atoms with E-state index < -0.39 is 0 Å². The van der Waals surface area contributed by atoms with Gasteiger partial charge in [0.25, 0.3) is 0 Å². The molecule has 1 aromatic carbocycles. The Bertz CT molecular complexity index is 604. The van der Waals surface area contributed by atoms with Crippen LogP contribution in [0.25, 0.3) is 0 Å². The smallest absolute Gasteiger partial charge is 0.319 e. The van der Waals surface area contributed by atoms with Gasteiger partial charge in [-0.05, 0) is 45.7 Å². The van der Waals surface area contributed by atoms with E-state index in [0.29, 0.717) is 23.9 Å². The standard InChI is InChI=1S/C18H26FN3O2/c1-11(2)22-8-9-24-17(12(22)3)15-7-6-14(10-16(15)19)21-18(23)20-13-4-5-13/h6-7,10-13,17H,4-5,8-9H2,1-3H3,(H2,20,21,23)/t12?,17-/m1/s1. The molecule has 2 atom stereocenters. The number of ether oxygens (including phenoxy) is 1. The van der Waals surface area contributed by atoms with Gasteiger partial charge in [-0.3, -0.25) is 4.90 Å². The van der Waals surface area contributed by atoms with Gasteiger partial charge in [0.15, 0.2) is 0 Å². The van der Waals surface area contributed by atoms with Crippen LogP contribution in [-0.2, 0) is 4.74 Å². The number of nitrogens with one attached hydrogen (secondary N) is 2. The number of morpholine rings is 1. The largest absolute Gasteiger partial charge is 0.370 e. The topological polar surface area (TPSA) is 53.6 Å². The van der Waals surface area contributed by atoms with Crippen LogP contribution in [-0.4, -0.2) is 42.2 Å². The van der Waals surface area contributed by atoms with Gasteiger partial charge in [-0.2, -0.15) is 0 Å². The maximum Gasteiger partial charge on any atom is 0.319 e. The van der Waals surface area contributed by atoms with Crippen LogP contribution in [0.1, 0.15) is 45.3 Å². The van der Waals surface area contributed by atoms with Crippen LogP contribution in [0.4, 0.5) is 14.9 Å². The molecule has 2 N–H and O–H groups in total. The normalized spacial score (nSPS) is 24.9. The first kappa shape index (κ1) is 17.2. The Morgan fingerprint density at radius 2 is 2.12 bits per heavy atom. The summed E-state index contributed by atoms with van der Waals surface area (Å²) in [4.78, 5) is 14.1. The highest BCUT2D eigenvalue weighted by Gasteiger charge is 2.33. The molecule has 3 rings (SSSR count). The Balaban J connectivity index is 1.70. The number of amides is 2. The van der Waals surface area contributed by atoms with Gasteiger partial charge in [0.1, 0.15) is 11.9 Å². The molecule has 2 aliphatic rings. The molecule has 132 valence electrons. The zero-order chi connectivity index (χ0) is 17.3. The molecule has 6 heteroatoms. The molecule has 1 aliphatic carbocycles. The zero-order valence-corrected chi connectivity index (χ0v) is 14.5. The van der Waals surface area contributed by atoms with Crippen molar-refractivity contribution in [3.8, 4) is 0 Å². The first-order valence-electron chi connectivity index (χ1n) is 8.70. The highest BCUT2D eigenvalue weighted by atomic mass is 19.1.